The molecule has 3 N–H and O–H groups in total. The molecule has 2 aromatic heterocycles. The molecular weight excluding hydrogens is 440 g/mol. The van der Waals surface area contributed by atoms with Crippen molar-refractivity contribution in [1.29, 1.82) is 0 Å². The van der Waals surface area contributed by atoms with E-state index in [0.717, 1.165) is 50.5 Å². The molecule has 0 spiro atoms. The van der Waals surface area contributed by atoms with Crippen LogP contribution in [0.2, 0.25) is 0 Å². The van der Waals surface area contributed by atoms with Crippen molar-refractivity contribution in [1.82, 2.24) is 9.97 Å². The molecule has 0 aliphatic carbocycles. The molecule has 8 nitrogen and oxygen atoms in total. The third-order valence-electron chi connectivity index (χ3n) is 5.40. The first kappa shape index (κ1) is 20.9. The van der Waals surface area contributed by atoms with Gasteiger partial charge in [0.15, 0.2) is 0 Å². The summed E-state index contributed by atoms with van der Waals surface area (Å²) >= 11 is 0. The quantitative estimate of drug-likeness (QED) is 0.328. The lowest BCUT2D eigenvalue weighted by Gasteiger charge is -2.15. The molecule has 9 heteroatoms. The Morgan fingerprint density at radius 2 is 1.76 bits per heavy atom. The molecular formula is C24H22N4O4S. The molecule has 0 saturated carbocycles. The monoisotopic (exact) mass is 462 g/mol. The Kier molecular flexibility index (Phi) is 4.98. The van der Waals surface area contributed by atoms with Gasteiger partial charge in [-0.15, -0.1) is 0 Å². The van der Waals surface area contributed by atoms with Gasteiger partial charge < -0.3 is 19.8 Å². The Morgan fingerprint density at radius 3 is 2.52 bits per heavy atom. The van der Waals surface area contributed by atoms with Crippen LogP contribution < -0.4 is 19.5 Å². The zero-order valence-electron chi connectivity index (χ0n) is 18.3. The molecule has 0 aliphatic heterocycles. The summed E-state index contributed by atoms with van der Waals surface area (Å²) in [6.45, 7) is 0. The number of nitrogens with zero attached hydrogens (tertiary/aromatic N) is 1. The molecule has 0 aliphatic rings. The Hall–Kier alpha value is -3.98. The highest BCUT2D eigenvalue weighted by molar-refractivity contribution is 7.92. The molecule has 0 radical (unpaired) electrons. The van der Waals surface area contributed by atoms with E-state index in [4.69, 9.17) is 14.5 Å². The van der Waals surface area contributed by atoms with Gasteiger partial charge in [0.1, 0.15) is 11.5 Å². The van der Waals surface area contributed by atoms with E-state index < -0.39 is 10.0 Å². The fraction of sp³-hybridized carbons (Fsp3) is 0.125. The average molecular weight is 463 g/mol. The summed E-state index contributed by atoms with van der Waals surface area (Å²) < 4.78 is 36.6. The predicted molar refractivity (Wildman–Crippen MR) is 132 cm³/mol. The molecule has 0 unspecified atom stereocenters. The van der Waals surface area contributed by atoms with Gasteiger partial charge >= 0.3 is 0 Å². The van der Waals surface area contributed by atoms with Crippen LogP contribution in [0.15, 0.2) is 60.7 Å². The van der Waals surface area contributed by atoms with Crippen LogP contribution in [0.1, 0.15) is 0 Å². The molecule has 0 fully saturated rings. The number of pyridine rings is 1. The lowest BCUT2D eigenvalue weighted by atomic mass is 10.1. The largest absolute Gasteiger partial charge is 0.497 e. The van der Waals surface area contributed by atoms with Crippen molar-refractivity contribution in [3.05, 3.63) is 60.7 Å². The lowest BCUT2D eigenvalue weighted by molar-refractivity contribution is 0.415. The van der Waals surface area contributed by atoms with Gasteiger partial charge in [-0.2, -0.15) is 0 Å². The van der Waals surface area contributed by atoms with Gasteiger partial charge in [0.2, 0.25) is 10.0 Å². The summed E-state index contributed by atoms with van der Waals surface area (Å²) in [6.07, 6.45) is 1.11. The summed E-state index contributed by atoms with van der Waals surface area (Å²) in [7, 11) is -0.220. The molecule has 3 aromatic carbocycles. The highest BCUT2D eigenvalue weighted by Crippen LogP contribution is 2.39. The van der Waals surface area contributed by atoms with Crippen molar-refractivity contribution < 1.29 is 17.9 Å². The topological polar surface area (TPSA) is 105 Å². The molecule has 5 rings (SSSR count). The van der Waals surface area contributed by atoms with E-state index in [1.54, 1.807) is 32.4 Å². The Balaban J connectivity index is 1.71. The van der Waals surface area contributed by atoms with Crippen LogP contribution in [-0.4, -0.2) is 38.9 Å². The number of hydrogen-bond acceptors (Lipinski definition) is 6. The van der Waals surface area contributed by atoms with Gasteiger partial charge in [-0.25, -0.2) is 13.4 Å². The maximum Gasteiger partial charge on any atom is 0.229 e. The minimum absolute atomic E-state index is 0.419. The number of nitrogens with one attached hydrogen (secondary N) is 3. The summed E-state index contributed by atoms with van der Waals surface area (Å²) in [6, 6.07) is 18.8. The van der Waals surface area contributed by atoms with Gasteiger partial charge in [-0.1, -0.05) is 18.2 Å². The van der Waals surface area contributed by atoms with E-state index in [0.29, 0.717) is 17.1 Å². The maximum absolute atomic E-state index is 11.6. The first-order chi connectivity index (χ1) is 15.9. The van der Waals surface area contributed by atoms with E-state index in [1.165, 1.54) is 0 Å². The third-order valence-corrected chi connectivity index (χ3v) is 6.00. The van der Waals surface area contributed by atoms with Gasteiger partial charge in [0, 0.05) is 22.4 Å². The van der Waals surface area contributed by atoms with Crippen LogP contribution in [0.3, 0.4) is 0 Å². The molecule has 5 aromatic rings. The van der Waals surface area contributed by atoms with Gasteiger partial charge in [0.05, 0.1) is 54.1 Å². The summed E-state index contributed by atoms with van der Waals surface area (Å²) in [5.74, 6) is 1.25. The first-order valence-corrected chi connectivity index (χ1v) is 12.1. The summed E-state index contributed by atoms with van der Waals surface area (Å²) in [5.41, 5.74) is 5.39. The smallest absolute Gasteiger partial charge is 0.229 e. The predicted octanol–water partition coefficient (Wildman–Crippen LogP) is 5.00. The molecule has 0 bridgehead atoms. The van der Waals surface area contributed by atoms with Crippen molar-refractivity contribution in [3.63, 3.8) is 0 Å². The minimum atomic E-state index is -3.40. The molecule has 0 atom stereocenters. The van der Waals surface area contributed by atoms with Gasteiger partial charge in [-0.3, -0.25) is 4.72 Å². The number of anilines is 3. The Morgan fingerprint density at radius 1 is 0.939 bits per heavy atom. The molecule has 0 amide bonds. The maximum atomic E-state index is 11.6. The summed E-state index contributed by atoms with van der Waals surface area (Å²) in [5, 5.41) is 5.37. The Labute approximate surface area is 190 Å². The number of aromatic amines is 1. The van der Waals surface area contributed by atoms with E-state index in [-0.39, 0.29) is 0 Å². The van der Waals surface area contributed by atoms with Crippen LogP contribution in [0.4, 0.5) is 17.1 Å². The van der Waals surface area contributed by atoms with Crippen molar-refractivity contribution in [2.24, 2.45) is 0 Å². The number of H-pyrrole nitrogens is 1. The normalized spacial score (nSPS) is 11.7. The van der Waals surface area contributed by atoms with Crippen LogP contribution in [0.5, 0.6) is 11.5 Å². The van der Waals surface area contributed by atoms with E-state index >= 15 is 0 Å². The fourth-order valence-electron chi connectivity index (χ4n) is 3.96. The van der Waals surface area contributed by atoms with Gasteiger partial charge in [0.25, 0.3) is 0 Å². The number of ether oxygens (including phenoxy) is 2. The highest BCUT2D eigenvalue weighted by atomic mass is 32.2. The number of benzene rings is 3. The standard InChI is InChI=1S/C24H22N4O4S/c1-31-15-9-11-19-17(13-15)23-24(26-19)22(16-6-4-5-7-18(16)25-23)27-20-10-8-14(12-21(20)32-2)28-33(3,29)30/h4-13,26,28H,1-3H3,(H,25,27). The Bertz CT molecular complexity index is 1630. The van der Waals surface area contributed by atoms with Crippen molar-refractivity contribution in [2.45, 2.75) is 0 Å². The first-order valence-electron chi connectivity index (χ1n) is 10.2. The van der Waals surface area contributed by atoms with Crippen LogP contribution >= 0.6 is 0 Å². The summed E-state index contributed by atoms with van der Waals surface area (Å²) in [4.78, 5) is 8.38. The fourth-order valence-corrected chi connectivity index (χ4v) is 4.51. The SMILES string of the molecule is COc1ccc2[nH]c3c(Nc4ccc(NS(C)(=O)=O)cc4OC)c4ccccc4nc3c2c1. The number of rotatable bonds is 6. The lowest BCUT2D eigenvalue weighted by Crippen LogP contribution is -2.09. The van der Waals surface area contributed by atoms with E-state index in [2.05, 4.69) is 15.0 Å². The number of aromatic nitrogens is 2. The zero-order chi connectivity index (χ0) is 23.2. The number of hydrogen-bond donors (Lipinski definition) is 3. The molecule has 168 valence electrons. The second kappa shape index (κ2) is 7.86. The van der Waals surface area contributed by atoms with Gasteiger partial charge in [-0.05, 0) is 36.4 Å². The van der Waals surface area contributed by atoms with Crippen LogP contribution in [-0.2, 0) is 10.0 Å². The van der Waals surface area contributed by atoms with E-state index in [9.17, 15) is 8.42 Å². The van der Waals surface area contributed by atoms with Crippen molar-refractivity contribution in [3.8, 4) is 11.5 Å². The van der Waals surface area contributed by atoms with Crippen molar-refractivity contribution >= 4 is 59.9 Å². The second-order valence-corrected chi connectivity index (χ2v) is 9.43. The third kappa shape index (κ3) is 3.87. The van der Waals surface area contributed by atoms with Crippen molar-refractivity contribution in [2.75, 3.05) is 30.5 Å². The van der Waals surface area contributed by atoms with Crippen LogP contribution in [0.25, 0.3) is 32.8 Å². The number of sulfonamides is 1. The number of methoxy groups -OCH3 is 2. The molecule has 2 heterocycles. The van der Waals surface area contributed by atoms with Crippen LogP contribution in [0, 0.1) is 0 Å². The average Bonchev–Trinajstić information content (AvgIpc) is 3.16. The number of fused-ring (bicyclic) bond motifs is 4. The molecule has 0 saturated heterocycles. The number of para-hydroxylation sites is 1. The second-order valence-electron chi connectivity index (χ2n) is 7.68. The zero-order valence-corrected chi connectivity index (χ0v) is 19.1. The van der Waals surface area contributed by atoms with E-state index in [1.807, 2.05) is 42.5 Å². The minimum Gasteiger partial charge on any atom is -0.497 e. The molecule has 33 heavy (non-hydrogen) atoms. The highest BCUT2D eigenvalue weighted by Gasteiger charge is 2.17.